The molecule has 3 aromatic rings. The molecule has 0 bridgehead atoms. The van der Waals surface area contributed by atoms with E-state index in [9.17, 15) is 18.0 Å². The maximum absolute atomic E-state index is 13.9. The van der Waals surface area contributed by atoms with Gasteiger partial charge < -0.3 is 5.32 Å². The monoisotopic (exact) mass is 614 g/mol. The quantitative estimate of drug-likeness (QED) is 0.304. The maximum Gasteiger partial charge on any atom is 0.434 e. The van der Waals surface area contributed by atoms with Crippen LogP contribution in [-0.2, 0) is 19.3 Å². The average molecular weight is 616 g/mol. The summed E-state index contributed by atoms with van der Waals surface area (Å²) in [7, 11) is 1.82. The fourth-order valence-electron chi connectivity index (χ4n) is 3.94. The van der Waals surface area contributed by atoms with Crippen LogP contribution in [0.3, 0.4) is 0 Å². The highest BCUT2D eigenvalue weighted by atomic mass is 79.9. The van der Waals surface area contributed by atoms with Crippen LogP contribution < -0.4 is 10.9 Å². The second-order valence-electron chi connectivity index (χ2n) is 8.13. The molecule has 1 aromatic heterocycles. The van der Waals surface area contributed by atoms with Crippen molar-refractivity contribution in [3.8, 4) is 0 Å². The molecule has 0 fully saturated rings. The van der Waals surface area contributed by atoms with Crippen molar-refractivity contribution in [1.82, 2.24) is 19.8 Å². The van der Waals surface area contributed by atoms with Crippen molar-refractivity contribution in [2.24, 2.45) is 0 Å². The predicted octanol–water partition coefficient (Wildman–Crippen LogP) is 6.01. The van der Waals surface area contributed by atoms with Crippen LogP contribution in [0.1, 0.15) is 42.0 Å². The van der Waals surface area contributed by atoms with Gasteiger partial charge in [0.1, 0.15) is 10.3 Å². The van der Waals surface area contributed by atoms with Crippen LogP contribution in [-0.4, -0.2) is 34.6 Å². The number of hydrogen-bond donors (Lipinski definition) is 1. The zero-order chi connectivity index (χ0) is 25.6. The normalized spacial score (nSPS) is 12.8. The van der Waals surface area contributed by atoms with Crippen molar-refractivity contribution in [1.29, 1.82) is 0 Å². The van der Waals surface area contributed by atoms with Gasteiger partial charge in [0.2, 0.25) is 0 Å². The number of hydrogen-bond acceptors (Lipinski definition) is 4. The summed E-state index contributed by atoms with van der Waals surface area (Å²) in [5, 5.41) is 3.11. The summed E-state index contributed by atoms with van der Waals surface area (Å²) in [6.07, 6.45) is -4.29. The Morgan fingerprint density at radius 3 is 2.29 bits per heavy atom. The molecule has 0 amide bonds. The Hall–Kier alpha value is -2.01. The third kappa shape index (κ3) is 7.03. The molecule has 5 nitrogen and oxygen atoms in total. The van der Waals surface area contributed by atoms with Crippen molar-refractivity contribution >= 4 is 31.9 Å². The van der Waals surface area contributed by atoms with Crippen LogP contribution in [0.5, 0.6) is 0 Å². The van der Waals surface area contributed by atoms with Crippen LogP contribution in [0.15, 0.2) is 68.3 Å². The van der Waals surface area contributed by atoms with Gasteiger partial charge in [0.15, 0.2) is 5.69 Å². The van der Waals surface area contributed by atoms with E-state index in [1.807, 2.05) is 68.6 Å². The molecular weight excluding hydrogens is 589 g/mol. The van der Waals surface area contributed by atoms with Gasteiger partial charge in [-0.15, -0.1) is 0 Å². The van der Waals surface area contributed by atoms with Crippen molar-refractivity contribution in [3.63, 3.8) is 0 Å². The Labute approximate surface area is 219 Å². The summed E-state index contributed by atoms with van der Waals surface area (Å²) in [5.74, 6) is 0.102. The van der Waals surface area contributed by atoms with Gasteiger partial charge in [-0.3, -0.25) is 14.3 Å². The van der Waals surface area contributed by atoms with Crippen molar-refractivity contribution in [2.45, 2.75) is 38.7 Å². The Kier molecular flexibility index (Phi) is 9.69. The van der Waals surface area contributed by atoms with E-state index in [0.29, 0.717) is 26.1 Å². The standard InChI is InChI=1S/C25H27Br2F3N4O/c1-3-20(33(14-13-31-2)15-18-9-11-19(26)12-10-18)23-32-22(25(28,29)30)21(27)24(35)34(23)16-17-7-5-4-6-8-17/h4-12,20,31H,3,13-16H2,1-2H3. The lowest BCUT2D eigenvalue weighted by molar-refractivity contribution is -0.142. The third-order valence-electron chi connectivity index (χ3n) is 5.67. The molecular formula is C25H27Br2F3N4O. The van der Waals surface area contributed by atoms with Crippen LogP contribution in [0.4, 0.5) is 13.2 Å². The number of halogens is 5. The fourth-order valence-corrected chi connectivity index (χ4v) is 4.73. The van der Waals surface area contributed by atoms with E-state index in [1.165, 1.54) is 4.57 Å². The highest BCUT2D eigenvalue weighted by Crippen LogP contribution is 2.34. The molecule has 10 heteroatoms. The number of aromatic nitrogens is 2. The second-order valence-corrected chi connectivity index (χ2v) is 9.84. The van der Waals surface area contributed by atoms with Gasteiger partial charge in [0.05, 0.1) is 12.6 Å². The lowest BCUT2D eigenvalue weighted by Gasteiger charge is -2.32. The molecule has 3 rings (SSSR count). The average Bonchev–Trinajstić information content (AvgIpc) is 2.83. The Balaban J connectivity index is 2.15. The first-order valence-electron chi connectivity index (χ1n) is 11.2. The fraction of sp³-hybridized carbons (Fsp3) is 0.360. The van der Waals surface area contributed by atoms with Crippen LogP contribution in [0.2, 0.25) is 0 Å². The minimum atomic E-state index is -4.77. The Bertz CT molecular complexity index is 1170. The number of benzene rings is 2. The minimum Gasteiger partial charge on any atom is -0.318 e. The van der Waals surface area contributed by atoms with Crippen LogP contribution in [0, 0.1) is 0 Å². The number of rotatable bonds is 10. The highest BCUT2D eigenvalue weighted by Gasteiger charge is 2.39. The molecule has 0 saturated heterocycles. The largest absolute Gasteiger partial charge is 0.434 e. The first kappa shape index (κ1) is 27.6. The molecule has 1 heterocycles. The van der Waals surface area contributed by atoms with E-state index in [4.69, 9.17) is 0 Å². The van der Waals surface area contributed by atoms with Gasteiger partial charge in [0, 0.05) is 24.1 Å². The first-order chi connectivity index (χ1) is 16.7. The summed E-state index contributed by atoms with van der Waals surface area (Å²) in [6.45, 7) is 3.69. The van der Waals surface area contributed by atoms with Crippen molar-refractivity contribution in [2.75, 3.05) is 20.1 Å². The molecule has 1 atom stereocenters. The molecule has 0 spiro atoms. The van der Waals surface area contributed by atoms with Gasteiger partial charge in [0.25, 0.3) is 5.56 Å². The van der Waals surface area contributed by atoms with E-state index < -0.39 is 27.9 Å². The molecule has 0 saturated carbocycles. The number of nitrogens with zero attached hydrogens (tertiary/aromatic N) is 3. The number of nitrogens with one attached hydrogen (secondary N) is 1. The highest BCUT2D eigenvalue weighted by molar-refractivity contribution is 9.10. The molecule has 2 aromatic carbocycles. The van der Waals surface area contributed by atoms with Gasteiger partial charge in [-0.2, -0.15) is 13.2 Å². The Morgan fingerprint density at radius 2 is 1.71 bits per heavy atom. The SMILES string of the molecule is CCC(c1nc(C(F)(F)F)c(Br)c(=O)n1Cc1ccccc1)N(CCNC)Cc1ccc(Br)cc1. The van der Waals surface area contributed by atoms with Crippen LogP contribution >= 0.6 is 31.9 Å². The topological polar surface area (TPSA) is 50.2 Å². The number of alkyl halides is 3. The lowest BCUT2D eigenvalue weighted by Crippen LogP contribution is -2.39. The number of likely N-dealkylation sites (N-methyl/N-ethyl adjacent to an activating group) is 1. The van der Waals surface area contributed by atoms with E-state index in [0.717, 1.165) is 15.6 Å². The maximum atomic E-state index is 13.9. The first-order valence-corrected chi connectivity index (χ1v) is 12.8. The van der Waals surface area contributed by atoms with Crippen molar-refractivity contribution < 1.29 is 13.2 Å². The van der Waals surface area contributed by atoms with Gasteiger partial charge in [-0.1, -0.05) is 65.3 Å². The lowest BCUT2D eigenvalue weighted by atomic mass is 10.1. The zero-order valence-electron chi connectivity index (χ0n) is 19.4. The van der Waals surface area contributed by atoms with E-state index in [2.05, 4.69) is 47.1 Å². The second kappa shape index (κ2) is 12.3. The van der Waals surface area contributed by atoms with E-state index in [-0.39, 0.29) is 12.4 Å². The smallest absolute Gasteiger partial charge is 0.318 e. The van der Waals surface area contributed by atoms with Gasteiger partial charge >= 0.3 is 6.18 Å². The Morgan fingerprint density at radius 1 is 1.06 bits per heavy atom. The summed E-state index contributed by atoms with van der Waals surface area (Å²) in [6, 6.07) is 16.5. The molecule has 1 N–H and O–H groups in total. The molecule has 0 aliphatic carbocycles. The van der Waals surface area contributed by atoms with Crippen LogP contribution in [0.25, 0.3) is 0 Å². The predicted molar refractivity (Wildman–Crippen MR) is 138 cm³/mol. The molecule has 0 radical (unpaired) electrons. The molecule has 35 heavy (non-hydrogen) atoms. The molecule has 0 aliphatic heterocycles. The molecule has 0 aliphatic rings. The minimum absolute atomic E-state index is 0.102. The van der Waals surface area contributed by atoms with E-state index in [1.54, 1.807) is 0 Å². The summed E-state index contributed by atoms with van der Waals surface area (Å²) < 4.78 is 43.3. The van der Waals surface area contributed by atoms with Gasteiger partial charge in [-0.05, 0) is 52.7 Å². The summed E-state index contributed by atoms with van der Waals surface area (Å²) in [4.78, 5) is 19.4. The summed E-state index contributed by atoms with van der Waals surface area (Å²) >= 11 is 6.31. The summed E-state index contributed by atoms with van der Waals surface area (Å²) in [5.41, 5.74) is -0.138. The molecule has 1 unspecified atom stereocenters. The van der Waals surface area contributed by atoms with Crippen molar-refractivity contribution in [3.05, 3.63) is 96.5 Å². The molecule has 188 valence electrons. The zero-order valence-corrected chi connectivity index (χ0v) is 22.6. The van der Waals surface area contributed by atoms with Gasteiger partial charge in [-0.25, -0.2) is 4.98 Å². The third-order valence-corrected chi connectivity index (χ3v) is 6.91. The van der Waals surface area contributed by atoms with E-state index >= 15 is 0 Å².